The minimum absolute atomic E-state index is 0.0460. The number of amides is 2. The molecular formula is C16H17FN4O2. The van der Waals surface area contributed by atoms with Crippen LogP contribution in [0.5, 0.6) is 0 Å². The smallest absolute Gasteiger partial charge is 0.272 e. The van der Waals surface area contributed by atoms with E-state index in [2.05, 4.69) is 10.4 Å². The van der Waals surface area contributed by atoms with Gasteiger partial charge in [0.1, 0.15) is 5.82 Å². The third-order valence-electron chi connectivity index (χ3n) is 4.08. The van der Waals surface area contributed by atoms with E-state index in [1.807, 2.05) is 0 Å². The van der Waals surface area contributed by atoms with Crippen molar-refractivity contribution in [1.29, 1.82) is 0 Å². The van der Waals surface area contributed by atoms with Crippen LogP contribution in [-0.2, 0) is 4.79 Å². The molecular weight excluding hydrogens is 299 g/mol. The number of aromatic nitrogens is 2. The molecule has 0 aliphatic heterocycles. The van der Waals surface area contributed by atoms with E-state index in [0.717, 1.165) is 5.56 Å². The van der Waals surface area contributed by atoms with Crippen LogP contribution in [0.15, 0.2) is 30.5 Å². The Balaban J connectivity index is 1.70. The van der Waals surface area contributed by atoms with Crippen LogP contribution >= 0.6 is 0 Å². The molecule has 1 saturated carbocycles. The average Bonchev–Trinajstić information content (AvgIpc) is 2.84. The molecule has 23 heavy (non-hydrogen) atoms. The summed E-state index contributed by atoms with van der Waals surface area (Å²) in [6.45, 7) is 1.79. The van der Waals surface area contributed by atoms with E-state index < -0.39 is 0 Å². The number of rotatable bonds is 4. The lowest BCUT2D eigenvalue weighted by Crippen LogP contribution is -2.48. The van der Waals surface area contributed by atoms with Gasteiger partial charge in [0.05, 0.1) is 5.69 Å². The first-order valence-corrected chi connectivity index (χ1v) is 7.36. The summed E-state index contributed by atoms with van der Waals surface area (Å²) in [5.74, 6) is -1.09. The number of nitrogens with one attached hydrogen (secondary N) is 1. The fraction of sp³-hybridized carbons (Fsp3) is 0.312. The van der Waals surface area contributed by atoms with Crippen molar-refractivity contribution in [3.8, 4) is 5.69 Å². The maximum atomic E-state index is 13.0. The average molecular weight is 316 g/mol. The Morgan fingerprint density at radius 2 is 1.96 bits per heavy atom. The van der Waals surface area contributed by atoms with Gasteiger partial charge < -0.3 is 11.1 Å². The van der Waals surface area contributed by atoms with Crippen LogP contribution in [0.4, 0.5) is 4.39 Å². The molecule has 120 valence electrons. The van der Waals surface area contributed by atoms with Gasteiger partial charge in [0, 0.05) is 23.7 Å². The Kier molecular flexibility index (Phi) is 3.85. The summed E-state index contributed by atoms with van der Waals surface area (Å²) in [4.78, 5) is 23.3. The summed E-state index contributed by atoms with van der Waals surface area (Å²) in [5.41, 5.74) is 6.92. The Bertz CT molecular complexity index is 748. The maximum Gasteiger partial charge on any atom is 0.272 e. The molecule has 1 fully saturated rings. The standard InChI is InChI=1S/C16H17FN4O2/c1-9-8-21(13-4-2-11(17)3-5-13)20-14(9)16(23)19-12-6-10(7-12)15(18)22/h2-5,8,10,12H,6-7H2,1H3,(H2,18,22)(H,19,23). The SMILES string of the molecule is Cc1cn(-c2ccc(F)cc2)nc1C(=O)NC1CC(C(N)=O)C1. The second-order valence-electron chi connectivity index (χ2n) is 5.82. The van der Waals surface area contributed by atoms with Gasteiger partial charge in [-0.25, -0.2) is 9.07 Å². The summed E-state index contributed by atoms with van der Waals surface area (Å²) in [7, 11) is 0. The molecule has 0 atom stereocenters. The maximum absolute atomic E-state index is 13.0. The Hall–Kier alpha value is -2.70. The van der Waals surface area contributed by atoms with Crippen molar-refractivity contribution in [3.05, 3.63) is 47.5 Å². The number of hydrogen-bond donors (Lipinski definition) is 2. The van der Waals surface area contributed by atoms with Gasteiger partial charge in [-0.1, -0.05) is 0 Å². The molecule has 7 heteroatoms. The molecule has 2 amide bonds. The van der Waals surface area contributed by atoms with E-state index in [4.69, 9.17) is 5.73 Å². The molecule has 1 aromatic carbocycles. The van der Waals surface area contributed by atoms with E-state index in [0.29, 0.717) is 24.2 Å². The van der Waals surface area contributed by atoms with Crippen molar-refractivity contribution in [2.24, 2.45) is 11.7 Å². The topological polar surface area (TPSA) is 90.0 Å². The highest BCUT2D eigenvalue weighted by Crippen LogP contribution is 2.27. The van der Waals surface area contributed by atoms with Crippen LogP contribution in [0, 0.1) is 18.7 Å². The number of hydrogen-bond acceptors (Lipinski definition) is 3. The van der Waals surface area contributed by atoms with E-state index >= 15 is 0 Å². The second kappa shape index (κ2) is 5.83. The molecule has 1 aliphatic carbocycles. The monoisotopic (exact) mass is 316 g/mol. The van der Waals surface area contributed by atoms with Gasteiger partial charge in [-0.05, 0) is 44.0 Å². The van der Waals surface area contributed by atoms with Crippen LogP contribution in [0.1, 0.15) is 28.9 Å². The summed E-state index contributed by atoms with van der Waals surface area (Å²) in [5, 5.41) is 7.12. The number of carbonyl (C=O) groups excluding carboxylic acids is 2. The van der Waals surface area contributed by atoms with Crippen LogP contribution in [0.2, 0.25) is 0 Å². The quantitative estimate of drug-likeness (QED) is 0.891. The summed E-state index contributed by atoms with van der Waals surface area (Å²) in [6.07, 6.45) is 2.85. The molecule has 1 aliphatic rings. The molecule has 0 unspecified atom stereocenters. The van der Waals surface area contributed by atoms with Gasteiger partial charge >= 0.3 is 0 Å². The van der Waals surface area contributed by atoms with E-state index in [1.54, 1.807) is 25.3 Å². The molecule has 0 bridgehead atoms. The van der Waals surface area contributed by atoms with Crippen molar-refractivity contribution in [2.45, 2.75) is 25.8 Å². The van der Waals surface area contributed by atoms with E-state index in [1.165, 1.54) is 16.8 Å². The zero-order valence-electron chi connectivity index (χ0n) is 12.6. The van der Waals surface area contributed by atoms with Crippen LogP contribution in [0.3, 0.4) is 0 Å². The molecule has 0 saturated heterocycles. The highest BCUT2D eigenvalue weighted by atomic mass is 19.1. The summed E-state index contributed by atoms with van der Waals surface area (Å²) in [6, 6.07) is 5.81. The Labute approximate surface area is 132 Å². The van der Waals surface area contributed by atoms with Crippen molar-refractivity contribution >= 4 is 11.8 Å². The first-order chi connectivity index (χ1) is 10.9. The third-order valence-corrected chi connectivity index (χ3v) is 4.08. The molecule has 3 N–H and O–H groups in total. The van der Waals surface area contributed by atoms with Gasteiger partial charge in [0.2, 0.25) is 5.91 Å². The first-order valence-electron chi connectivity index (χ1n) is 7.36. The van der Waals surface area contributed by atoms with Crippen molar-refractivity contribution in [1.82, 2.24) is 15.1 Å². The predicted molar refractivity (Wildman–Crippen MR) is 81.4 cm³/mol. The highest BCUT2D eigenvalue weighted by Gasteiger charge is 2.34. The fourth-order valence-electron chi connectivity index (χ4n) is 2.63. The van der Waals surface area contributed by atoms with Crippen LogP contribution in [0.25, 0.3) is 5.69 Å². The first kappa shape index (κ1) is 15.2. The number of nitrogens with zero attached hydrogens (tertiary/aromatic N) is 2. The lowest BCUT2D eigenvalue weighted by molar-refractivity contribution is -0.124. The van der Waals surface area contributed by atoms with E-state index in [-0.39, 0.29) is 29.6 Å². The predicted octanol–water partition coefficient (Wildman–Crippen LogP) is 1.31. The zero-order valence-corrected chi connectivity index (χ0v) is 12.6. The summed E-state index contributed by atoms with van der Waals surface area (Å²) >= 11 is 0. The Morgan fingerprint density at radius 1 is 1.30 bits per heavy atom. The summed E-state index contributed by atoms with van der Waals surface area (Å²) < 4.78 is 14.5. The molecule has 1 heterocycles. The zero-order chi connectivity index (χ0) is 16.6. The van der Waals surface area contributed by atoms with Gasteiger partial charge in [-0.2, -0.15) is 5.10 Å². The lowest BCUT2D eigenvalue weighted by atomic mass is 9.80. The molecule has 1 aromatic heterocycles. The number of nitrogens with two attached hydrogens (primary N) is 1. The van der Waals surface area contributed by atoms with Gasteiger partial charge in [0.25, 0.3) is 5.91 Å². The van der Waals surface area contributed by atoms with Gasteiger partial charge in [-0.15, -0.1) is 0 Å². The van der Waals surface area contributed by atoms with Gasteiger partial charge in [-0.3, -0.25) is 9.59 Å². The highest BCUT2D eigenvalue weighted by molar-refractivity contribution is 5.94. The molecule has 3 rings (SSSR count). The fourth-order valence-corrected chi connectivity index (χ4v) is 2.63. The minimum atomic E-state index is -0.329. The number of aryl methyl sites for hydroxylation is 1. The number of benzene rings is 1. The van der Waals surface area contributed by atoms with Crippen LogP contribution < -0.4 is 11.1 Å². The largest absolute Gasteiger partial charge is 0.369 e. The molecule has 0 radical (unpaired) electrons. The van der Waals surface area contributed by atoms with Crippen LogP contribution in [-0.4, -0.2) is 27.6 Å². The number of carbonyl (C=O) groups is 2. The van der Waals surface area contributed by atoms with Gasteiger partial charge in [0.15, 0.2) is 5.69 Å². The van der Waals surface area contributed by atoms with Crippen molar-refractivity contribution in [2.75, 3.05) is 0 Å². The number of halogens is 1. The van der Waals surface area contributed by atoms with Crippen molar-refractivity contribution < 1.29 is 14.0 Å². The minimum Gasteiger partial charge on any atom is -0.369 e. The number of primary amides is 1. The molecule has 6 nitrogen and oxygen atoms in total. The third kappa shape index (κ3) is 3.08. The lowest BCUT2D eigenvalue weighted by Gasteiger charge is -2.33. The van der Waals surface area contributed by atoms with E-state index in [9.17, 15) is 14.0 Å². The van der Waals surface area contributed by atoms with Crippen molar-refractivity contribution in [3.63, 3.8) is 0 Å². The molecule has 2 aromatic rings. The molecule has 0 spiro atoms. The Morgan fingerprint density at radius 3 is 2.57 bits per heavy atom. The normalized spacial score (nSPS) is 19.9. The second-order valence-corrected chi connectivity index (χ2v) is 5.82.